The Hall–Kier alpha value is -1.13. The molecule has 0 aromatic heterocycles. The summed E-state index contributed by atoms with van der Waals surface area (Å²) >= 11 is 0. The SMILES string of the molecule is CC(=O)OC1CCC2(C)[C@@](O)(CC=C3C4CCC([C@H](C)/C=C/[C@H](C)C(C)C)C4(C)C[C@H]4O[C@@]342)C1. The molecule has 0 amide bonds. The van der Waals surface area contributed by atoms with Crippen LogP contribution in [0.4, 0.5) is 0 Å². The first kappa shape index (κ1) is 24.6. The van der Waals surface area contributed by atoms with Gasteiger partial charge in [0.25, 0.3) is 0 Å². The van der Waals surface area contributed by atoms with Crippen molar-refractivity contribution >= 4 is 5.97 Å². The normalized spacial score (nSPS) is 48.9. The maximum atomic E-state index is 12.0. The minimum Gasteiger partial charge on any atom is -0.462 e. The first-order valence-electron chi connectivity index (χ1n) is 13.8. The smallest absolute Gasteiger partial charge is 0.302 e. The molecule has 0 aromatic rings. The lowest BCUT2D eigenvalue weighted by Crippen LogP contribution is -2.64. The minimum absolute atomic E-state index is 0.190. The van der Waals surface area contributed by atoms with Crippen LogP contribution in [-0.4, -0.2) is 34.5 Å². The average Bonchev–Trinajstić information content (AvgIpc) is 3.36. The van der Waals surface area contributed by atoms with Crippen LogP contribution in [0, 0.1) is 40.4 Å². The molecule has 4 nitrogen and oxygen atoms in total. The second-order valence-corrected chi connectivity index (χ2v) is 13.3. The molecule has 0 bridgehead atoms. The topological polar surface area (TPSA) is 59.1 Å². The van der Waals surface area contributed by atoms with Gasteiger partial charge in [-0.15, -0.1) is 0 Å². The Kier molecular flexibility index (Phi) is 5.73. The van der Waals surface area contributed by atoms with Crippen molar-refractivity contribution in [3.8, 4) is 0 Å². The Morgan fingerprint density at radius 2 is 1.88 bits per heavy atom. The van der Waals surface area contributed by atoms with E-state index in [2.05, 4.69) is 59.8 Å². The first-order valence-corrected chi connectivity index (χ1v) is 13.8. The van der Waals surface area contributed by atoms with Crippen LogP contribution in [0.15, 0.2) is 23.8 Å². The van der Waals surface area contributed by atoms with Crippen molar-refractivity contribution < 1.29 is 19.4 Å². The highest BCUT2D eigenvalue weighted by Gasteiger charge is 2.80. The van der Waals surface area contributed by atoms with Gasteiger partial charge in [-0.3, -0.25) is 4.79 Å². The van der Waals surface area contributed by atoms with E-state index in [0.29, 0.717) is 42.4 Å². The molecule has 4 fully saturated rings. The van der Waals surface area contributed by atoms with Gasteiger partial charge in [-0.25, -0.2) is 0 Å². The van der Waals surface area contributed by atoms with Gasteiger partial charge >= 0.3 is 5.97 Å². The monoisotopic (exact) mass is 470 g/mol. The van der Waals surface area contributed by atoms with Gasteiger partial charge in [-0.1, -0.05) is 59.8 Å². The molecule has 4 heteroatoms. The number of fused-ring (bicyclic) bond motifs is 3. The zero-order chi connectivity index (χ0) is 24.7. The summed E-state index contributed by atoms with van der Waals surface area (Å²) in [7, 11) is 0. The zero-order valence-corrected chi connectivity index (χ0v) is 22.4. The van der Waals surface area contributed by atoms with Crippen molar-refractivity contribution in [1.29, 1.82) is 0 Å². The summed E-state index contributed by atoms with van der Waals surface area (Å²) in [5.41, 5.74) is 0.244. The molecule has 1 N–H and O–H groups in total. The van der Waals surface area contributed by atoms with Crippen LogP contribution in [0.25, 0.3) is 0 Å². The van der Waals surface area contributed by atoms with E-state index in [4.69, 9.17) is 9.47 Å². The third-order valence-corrected chi connectivity index (χ3v) is 11.3. The average molecular weight is 471 g/mol. The molecule has 1 aliphatic heterocycles. The van der Waals surface area contributed by atoms with Crippen molar-refractivity contribution in [3.05, 3.63) is 23.8 Å². The van der Waals surface area contributed by atoms with Gasteiger partial charge in [-0.05, 0) is 79.1 Å². The van der Waals surface area contributed by atoms with Gasteiger partial charge < -0.3 is 14.6 Å². The summed E-state index contributed by atoms with van der Waals surface area (Å²) in [5, 5.41) is 12.0. The van der Waals surface area contributed by atoms with E-state index >= 15 is 0 Å². The molecule has 5 aliphatic rings. The predicted molar refractivity (Wildman–Crippen MR) is 134 cm³/mol. The van der Waals surface area contributed by atoms with E-state index in [0.717, 1.165) is 19.3 Å². The molecule has 5 rings (SSSR count). The van der Waals surface area contributed by atoms with Gasteiger partial charge in [0.05, 0.1) is 11.7 Å². The van der Waals surface area contributed by atoms with E-state index in [-0.39, 0.29) is 34.6 Å². The second kappa shape index (κ2) is 7.93. The van der Waals surface area contributed by atoms with E-state index < -0.39 is 5.60 Å². The summed E-state index contributed by atoms with van der Waals surface area (Å²) in [6, 6.07) is 0. The summed E-state index contributed by atoms with van der Waals surface area (Å²) in [4.78, 5) is 11.6. The summed E-state index contributed by atoms with van der Waals surface area (Å²) < 4.78 is 12.3. The van der Waals surface area contributed by atoms with Crippen molar-refractivity contribution in [1.82, 2.24) is 0 Å². The molecule has 5 unspecified atom stereocenters. The number of aliphatic hydroxyl groups is 1. The number of hydrogen-bond acceptors (Lipinski definition) is 4. The van der Waals surface area contributed by atoms with E-state index in [1.54, 1.807) is 0 Å². The van der Waals surface area contributed by atoms with E-state index in [9.17, 15) is 9.90 Å². The van der Waals surface area contributed by atoms with Gasteiger partial charge in [0.2, 0.25) is 0 Å². The number of carbonyl (C=O) groups excluding carboxylic acids is 1. The lowest BCUT2D eigenvalue weighted by Gasteiger charge is -2.59. The van der Waals surface area contributed by atoms with Crippen LogP contribution in [0.2, 0.25) is 0 Å². The Balaban J connectivity index is 1.41. The molecule has 1 heterocycles. The van der Waals surface area contributed by atoms with Crippen LogP contribution in [-0.2, 0) is 14.3 Å². The van der Waals surface area contributed by atoms with Crippen LogP contribution < -0.4 is 0 Å². The number of ether oxygens (including phenoxy) is 2. The zero-order valence-electron chi connectivity index (χ0n) is 22.4. The largest absolute Gasteiger partial charge is 0.462 e. The highest BCUT2D eigenvalue weighted by Crippen LogP contribution is 2.76. The third-order valence-electron chi connectivity index (χ3n) is 11.3. The Morgan fingerprint density at radius 1 is 1.15 bits per heavy atom. The standard InChI is InChI=1S/C30H46O4/c1-18(2)19(3)8-9-20(4)23-10-11-24-25-13-15-29(32)16-22(33-21(5)31)12-14-28(29,7)30(25)26(34-30)17-27(23,24)6/h8-9,13,18-20,22-24,26,32H,10-12,14-17H2,1-7H3/b9-8+/t19-,20+,22?,23?,24?,26+,27?,28?,29+,30-/m0/s1. The van der Waals surface area contributed by atoms with Crippen LogP contribution in [0.1, 0.15) is 93.4 Å². The molecule has 190 valence electrons. The summed E-state index contributed by atoms with van der Waals surface area (Å²) in [5.74, 6) is 2.82. The molecule has 4 aliphatic carbocycles. The van der Waals surface area contributed by atoms with Gasteiger partial charge in [-0.2, -0.15) is 0 Å². The molecule has 0 aromatic carbocycles. The highest BCUT2D eigenvalue weighted by atomic mass is 16.6. The van der Waals surface area contributed by atoms with Crippen LogP contribution in [0.5, 0.6) is 0 Å². The Labute approximate surface area is 206 Å². The van der Waals surface area contributed by atoms with Crippen LogP contribution >= 0.6 is 0 Å². The Morgan fingerprint density at radius 3 is 2.56 bits per heavy atom. The van der Waals surface area contributed by atoms with Crippen molar-refractivity contribution in [2.24, 2.45) is 40.4 Å². The Bertz CT molecular complexity index is 905. The molecule has 1 spiro atoms. The fraction of sp³-hybridized carbons (Fsp3) is 0.833. The predicted octanol–water partition coefficient (Wildman–Crippen LogP) is 6.23. The van der Waals surface area contributed by atoms with E-state index in [1.165, 1.54) is 25.3 Å². The number of epoxide rings is 1. The molecule has 1 saturated heterocycles. The molecular weight excluding hydrogens is 424 g/mol. The molecule has 0 radical (unpaired) electrons. The van der Waals surface area contributed by atoms with Crippen LogP contribution in [0.3, 0.4) is 0 Å². The van der Waals surface area contributed by atoms with Gasteiger partial charge in [0, 0.05) is 18.8 Å². The number of allylic oxidation sites excluding steroid dienone is 2. The first-order chi connectivity index (χ1) is 15.9. The van der Waals surface area contributed by atoms with Crippen molar-refractivity contribution in [2.45, 2.75) is 117 Å². The number of hydrogen-bond donors (Lipinski definition) is 1. The summed E-state index contributed by atoms with van der Waals surface area (Å²) in [6.45, 7) is 15.6. The lowest BCUT2D eigenvalue weighted by atomic mass is 9.46. The third kappa shape index (κ3) is 3.26. The fourth-order valence-corrected chi connectivity index (χ4v) is 8.87. The molecular formula is C30H46O4. The van der Waals surface area contributed by atoms with Crippen molar-refractivity contribution in [3.63, 3.8) is 0 Å². The minimum atomic E-state index is -0.877. The van der Waals surface area contributed by atoms with Gasteiger partial charge in [0.1, 0.15) is 11.7 Å². The maximum Gasteiger partial charge on any atom is 0.302 e. The number of rotatable bonds is 5. The van der Waals surface area contributed by atoms with Crippen molar-refractivity contribution in [2.75, 3.05) is 0 Å². The van der Waals surface area contributed by atoms with Gasteiger partial charge in [0.15, 0.2) is 0 Å². The number of esters is 1. The molecule has 34 heavy (non-hydrogen) atoms. The maximum absolute atomic E-state index is 12.0. The second-order valence-electron chi connectivity index (χ2n) is 13.3. The highest BCUT2D eigenvalue weighted by molar-refractivity contribution is 5.66. The van der Waals surface area contributed by atoms with E-state index in [1.807, 2.05) is 0 Å². The quantitative estimate of drug-likeness (QED) is 0.294. The number of carbonyl (C=O) groups is 1. The molecule has 3 saturated carbocycles. The fourth-order valence-electron chi connectivity index (χ4n) is 8.87. The summed E-state index contributed by atoms with van der Waals surface area (Å²) in [6.07, 6.45) is 13.7. The lowest BCUT2D eigenvalue weighted by molar-refractivity contribution is -0.183. The molecule has 10 atom stereocenters.